The van der Waals surface area contributed by atoms with E-state index in [1.165, 1.54) is 18.2 Å². The lowest BCUT2D eigenvalue weighted by molar-refractivity contribution is -0.104. The zero-order valence-electron chi connectivity index (χ0n) is 17.9. The molecule has 0 N–H and O–H groups in total. The van der Waals surface area contributed by atoms with Crippen molar-refractivity contribution in [3.63, 3.8) is 0 Å². The molecule has 0 unspecified atom stereocenters. The van der Waals surface area contributed by atoms with Crippen LogP contribution < -0.4 is 14.5 Å². The number of aromatic nitrogens is 1. The van der Waals surface area contributed by atoms with E-state index in [1.54, 1.807) is 25.3 Å². The Hall–Kier alpha value is -2.93. The fraction of sp³-hybridized carbons (Fsp3) is 0.348. The Labute approximate surface area is 187 Å². The third-order valence-electron chi connectivity index (χ3n) is 5.17. The number of aliphatic imine (C=N–C) groups is 1. The number of nitrogens with zero attached hydrogens (tertiary/aromatic N) is 4. The molecule has 1 aliphatic rings. The first-order valence-corrected chi connectivity index (χ1v) is 10.5. The van der Waals surface area contributed by atoms with Gasteiger partial charge in [0.1, 0.15) is 35.6 Å². The zero-order chi connectivity index (χ0) is 22.4. The molecule has 0 radical (unpaired) electrons. The monoisotopic (exact) mass is 444 g/mol. The maximum absolute atomic E-state index is 13.3. The Balaban J connectivity index is 1.63. The number of rotatable bonds is 6. The molecule has 1 saturated heterocycles. The van der Waals surface area contributed by atoms with Gasteiger partial charge in [-0.1, -0.05) is 17.7 Å². The van der Waals surface area contributed by atoms with Crippen molar-refractivity contribution < 1.29 is 13.9 Å². The molecule has 0 amide bonds. The number of pyridine rings is 1. The van der Waals surface area contributed by atoms with E-state index in [1.807, 2.05) is 24.9 Å². The number of amidine groups is 1. The quantitative estimate of drug-likeness (QED) is 0.275. The second kappa shape index (κ2) is 10.4. The van der Waals surface area contributed by atoms with E-state index in [4.69, 9.17) is 16.3 Å². The molecular weight excluding hydrogens is 419 g/mol. The third kappa shape index (κ3) is 6.04. The number of halogens is 2. The van der Waals surface area contributed by atoms with Crippen LogP contribution in [0, 0.1) is 5.82 Å². The Morgan fingerprint density at radius 3 is 2.71 bits per heavy atom. The van der Waals surface area contributed by atoms with Crippen molar-refractivity contribution in [2.75, 3.05) is 29.9 Å². The highest BCUT2D eigenvalue weighted by Crippen LogP contribution is 2.30. The molecular formula is C23H26ClFN4O2. The van der Waals surface area contributed by atoms with E-state index in [2.05, 4.69) is 14.9 Å². The zero-order valence-corrected chi connectivity index (χ0v) is 18.6. The first-order chi connectivity index (χ1) is 14.9. The molecule has 0 aliphatic carbocycles. The maximum atomic E-state index is 13.3. The van der Waals surface area contributed by atoms with E-state index in [0.717, 1.165) is 43.3 Å². The average Bonchev–Trinajstić information content (AvgIpc) is 2.74. The summed E-state index contributed by atoms with van der Waals surface area (Å²) in [6.45, 7) is 5.12. The lowest BCUT2D eigenvalue weighted by Gasteiger charge is -2.33. The molecule has 2 heterocycles. The molecule has 2 aromatic rings. The van der Waals surface area contributed by atoms with E-state index in [9.17, 15) is 9.18 Å². The van der Waals surface area contributed by atoms with E-state index < -0.39 is 0 Å². The van der Waals surface area contributed by atoms with Gasteiger partial charge in [-0.05, 0) is 38.1 Å². The van der Waals surface area contributed by atoms with Crippen LogP contribution in [0.3, 0.4) is 0 Å². The van der Waals surface area contributed by atoms with Crippen molar-refractivity contribution in [3.8, 4) is 5.75 Å². The molecule has 1 aliphatic heterocycles. The third-order valence-corrected chi connectivity index (χ3v) is 5.45. The Morgan fingerprint density at radius 1 is 1.32 bits per heavy atom. The van der Waals surface area contributed by atoms with Crippen LogP contribution in [0.1, 0.15) is 26.7 Å². The smallest absolute Gasteiger partial charge is 0.147 e. The molecule has 164 valence electrons. The second-order valence-electron chi connectivity index (χ2n) is 7.42. The molecule has 1 fully saturated rings. The minimum Gasteiger partial charge on any atom is -0.490 e. The van der Waals surface area contributed by atoms with Gasteiger partial charge in [0.2, 0.25) is 0 Å². The van der Waals surface area contributed by atoms with Gasteiger partial charge in [0.05, 0.1) is 16.9 Å². The number of hydrogen-bond donors (Lipinski definition) is 0. The lowest BCUT2D eigenvalue weighted by Crippen LogP contribution is -2.39. The van der Waals surface area contributed by atoms with Gasteiger partial charge in [0.25, 0.3) is 0 Å². The first kappa shape index (κ1) is 22.7. The number of anilines is 2. The Kier molecular flexibility index (Phi) is 7.63. The highest BCUT2D eigenvalue weighted by atomic mass is 35.5. The number of aldehydes is 1. The van der Waals surface area contributed by atoms with Crippen LogP contribution in [0.25, 0.3) is 0 Å². The number of piperidine rings is 1. The van der Waals surface area contributed by atoms with Crippen LogP contribution in [0.2, 0.25) is 5.02 Å². The van der Waals surface area contributed by atoms with Gasteiger partial charge in [0.15, 0.2) is 0 Å². The number of ether oxygens (including phenoxy) is 1. The predicted molar refractivity (Wildman–Crippen MR) is 123 cm³/mol. The molecule has 1 aromatic carbocycles. The van der Waals surface area contributed by atoms with Gasteiger partial charge in [-0.15, -0.1) is 0 Å². The van der Waals surface area contributed by atoms with Gasteiger partial charge in [-0.2, -0.15) is 0 Å². The molecule has 0 atom stereocenters. The molecule has 1 aromatic heterocycles. The van der Waals surface area contributed by atoms with Gasteiger partial charge in [-0.3, -0.25) is 4.79 Å². The summed E-state index contributed by atoms with van der Waals surface area (Å²) in [4.78, 5) is 23.5. The van der Waals surface area contributed by atoms with Crippen molar-refractivity contribution in [2.45, 2.75) is 32.8 Å². The summed E-state index contributed by atoms with van der Waals surface area (Å²) in [7, 11) is 1.87. The standard InChI is InChI=1S/C23H26ClFN4O2/c1-16(9-12-30)27-17(2)28(3)19-14-22(24)23(26-15-19)29-10-7-20(8-11-29)31-21-6-4-5-18(25)13-21/h4-6,9,12-15,20H,7-8,10-11H2,1-3H3/b16-9-,27-17?. The van der Waals surface area contributed by atoms with Crippen molar-refractivity contribution in [1.82, 2.24) is 4.98 Å². The molecule has 0 bridgehead atoms. The Bertz CT molecular complexity index is 987. The van der Waals surface area contributed by atoms with Gasteiger partial charge in [-0.25, -0.2) is 14.4 Å². The summed E-state index contributed by atoms with van der Waals surface area (Å²) in [5.41, 5.74) is 1.43. The number of benzene rings is 1. The minimum atomic E-state index is -0.300. The second-order valence-corrected chi connectivity index (χ2v) is 7.83. The van der Waals surface area contributed by atoms with E-state index >= 15 is 0 Å². The summed E-state index contributed by atoms with van der Waals surface area (Å²) in [5, 5.41) is 0.557. The van der Waals surface area contributed by atoms with Crippen LogP contribution >= 0.6 is 11.6 Å². The SMILES string of the molecule is CC(=N/C(C)=C\C=O)N(C)c1cnc(N2CCC(Oc3cccc(F)c3)CC2)c(Cl)c1. The number of allylic oxidation sites excluding steroid dienone is 2. The molecule has 8 heteroatoms. The predicted octanol–water partition coefficient (Wildman–Crippen LogP) is 4.88. The first-order valence-electron chi connectivity index (χ1n) is 10.1. The number of hydrogen-bond acceptors (Lipinski definition) is 5. The highest BCUT2D eigenvalue weighted by molar-refractivity contribution is 6.33. The van der Waals surface area contributed by atoms with Gasteiger partial charge in [0, 0.05) is 44.7 Å². The van der Waals surface area contributed by atoms with Gasteiger partial charge >= 0.3 is 0 Å². The summed E-state index contributed by atoms with van der Waals surface area (Å²) < 4.78 is 19.3. The van der Waals surface area contributed by atoms with Crippen LogP contribution in [-0.4, -0.2) is 43.3 Å². The summed E-state index contributed by atoms with van der Waals surface area (Å²) >= 11 is 6.55. The van der Waals surface area contributed by atoms with Crippen molar-refractivity contribution in [1.29, 1.82) is 0 Å². The van der Waals surface area contributed by atoms with Crippen LogP contribution in [0.4, 0.5) is 15.9 Å². The number of carbonyl (C=O) groups excluding carboxylic acids is 1. The highest BCUT2D eigenvalue weighted by Gasteiger charge is 2.23. The van der Waals surface area contributed by atoms with E-state index in [0.29, 0.717) is 22.8 Å². The van der Waals surface area contributed by atoms with Crippen LogP contribution in [0.15, 0.2) is 53.3 Å². The fourth-order valence-corrected chi connectivity index (χ4v) is 3.69. The molecule has 0 saturated carbocycles. The summed E-state index contributed by atoms with van der Waals surface area (Å²) in [5.74, 6) is 1.70. The summed E-state index contributed by atoms with van der Waals surface area (Å²) in [6.07, 6.45) is 5.51. The Morgan fingerprint density at radius 2 is 2.06 bits per heavy atom. The largest absolute Gasteiger partial charge is 0.490 e. The fourth-order valence-electron chi connectivity index (χ4n) is 3.41. The molecule has 3 rings (SSSR count). The summed E-state index contributed by atoms with van der Waals surface area (Å²) in [6, 6.07) is 8.08. The molecule has 31 heavy (non-hydrogen) atoms. The lowest BCUT2D eigenvalue weighted by atomic mass is 10.1. The maximum Gasteiger partial charge on any atom is 0.147 e. The van der Waals surface area contributed by atoms with Crippen molar-refractivity contribution >= 4 is 35.2 Å². The number of carbonyl (C=O) groups is 1. The van der Waals surface area contributed by atoms with Crippen LogP contribution in [0.5, 0.6) is 5.75 Å². The van der Waals surface area contributed by atoms with Crippen LogP contribution in [-0.2, 0) is 4.79 Å². The molecule has 0 spiro atoms. The van der Waals surface area contributed by atoms with E-state index in [-0.39, 0.29) is 11.9 Å². The average molecular weight is 445 g/mol. The molecule has 6 nitrogen and oxygen atoms in total. The normalized spacial score (nSPS) is 15.7. The minimum absolute atomic E-state index is 0.0313. The van der Waals surface area contributed by atoms with Crippen molar-refractivity contribution in [2.24, 2.45) is 4.99 Å². The van der Waals surface area contributed by atoms with Crippen molar-refractivity contribution in [3.05, 3.63) is 59.1 Å². The van der Waals surface area contributed by atoms with Gasteiger partial charge < -0.3 is 14.5 Å². The topological polar surface area (TPSA) is 58.0 Å².